The Bertz CT molecular complexity index is 2220. The van der Waals surface area contributed by atoms with Crippen LogP contribution in [0.4, 0.5) is 11.4 Å². The maximum atomic E-state index is 11.4. The number of nitrogens with zero attached hydrogens (tertiary/aromatic N) is 5. The first kappa shape index (κ1) is 34.3. The fraction of sp³-hybridized carbons (Fsp3) is 0.289. The average Bonchev–Trinajstić information content (AvgIpc) is 3.78. The summed E-state index contributed by atoms with van der Waals surface area (Å²) in [7, 11) is 3.51. The van der Waals surface area contributed by atoms with Crippen molar-refractivity contribution in [2.75, 3.05) is 58.5 Å². The van der Waals surface area contributed by atoms with Gasteiger partial charge in [-0.15, -0.1) is 0 Å². The number of likely N-dealkylation sites (N-methyl/N-ethyl adjacent to an activating group) is 1. The van der Waals surface area contributed by atoms with Crippen LogP contribution in [0.25, 0.3) is 44.8 Å². The molecule has 0 radical (unpaired) electrons. The molecule has 52 heavy (non-hydrogen) atoms. The summed E-state index contributed by atoms with van der Waals surface area (Å²) in [6.45, 7) is 4.94. The summed E-state index contributed by atoms with van der Waals surface area (Å²) in [5.41, 5.74) is 5.87. The van der Waals surface area contributed by atoms with E-state index in [1.54, 1.807) is 0 Å². The Morgan fingerprint density at radius 2 is 1.44 bits per heavy atom. The van der Waals surface area contributed by atoms with E-state index in [2.05, 4.69) is 51.1 Å². The molecule has 1 fully saturated rings. The van der Waals surface area contributed by atoms with Crippen LogP contribution in [0.3, 0.4) is 0 Å². The highest BCUT2D eigenvalue weighted by Gasteiger charge is 2.24. The van der Waals surface area contributed by atoms with Crippen molar-refractivity contribution in [2.45, 2.75) is 19.3 Å². The van der Waals surface area contributed by atoms with E-state index in [4.69, 9.17) is 24.2 Å². The third-order valence-corrected chi connectivity index (χ3v) is 9.24. The molecule has 0 aliphatic carbocycles. The quantitative estimate of drug-likeness (QED) is 0.0621. The van der Waals surface area contributed by atoms with Gasteiger partial charge in [-0.05, 0) is 87.0 Å². The van der Waals surface area contributed by atoms with E-state index in [0.29, 0.717) is 13.0 Å². The van der Waals surface area contributed by atoms with Crippen LogP contribution in [0.1, 0.15) is 29.6 Å². The lowest BCUT2D eigenvalue weighted by atomic mass is 10.1. The third-order valence-electron chi connectivity index (χ3n) is 9.24. The number of carboxylic acids is 1. The van der Waals surface area contributed by atoms with Gasteiger partial charge >= 0.3 is 5.97 Å². The first-order chi connectivity index (χ1) is 25.2. The number of carbonyl (C=O) groups is 1. The number of nitro groups is 1. The van der Waals surface area contributed by atoms with Gasteiger partial charge in [0.1, 0.15) is 23.0 Å². The van der Waals surface area contributed by atoms with Crippen LogP contribution in [0.15, 0.2) is 72.8 Å². The SMILES string of the molecule is COc1cc(C(=O)O)c([N+](=O)[O-])cc1OCCCCCOc1ccc(-c2nc3ccc(-c4nc5ccc(N6CCN(C)CC6)cc5[nH]4)cc3[nH]2)cc1. The van der Waals surface area contributed by atoms with Gasteiger partial charge in [0.15, 0.2) is 11.5 Å². The second-order valence-corrected chi connectivity index (χ2v) is 12.8. The highest BCUT2D eigenvalue weighted by Crippen LogP contribution is 2.35. The molecule has 1 aliphatic rings. The third kappa shape index (κ3) is 7.47. The Hall–Kier alpha value is -6.15. The number of unbranched alkanes of at least 4 members (excludes halogenated alkanes) is 2. The molecular formula is C38H39N7O7. The second kappa shape index (κ2) is 15.0. The number of anilines is 1. The zero-order valence-electron chi connectivity index (χ0n) is 28.9. The van der Waals surface area contributed by atoms with Gasteiger partial charge in [0.2, 0.25) is 0 Å². The lowest BCUT2D eigenvalue weighted by molar-refractivity contribution is -0.385. The number of aromatic carboxylic acids is 1. The number of nitro benzene ring substituents is 1. The van der Waals surface area contributed by atoms with Gasteiger partial charge < -0.3 is 39.1 Å². The molecular weight excluding hydrogens is 666 g/mol. The molecule has 0 bridgehead atoms. The van der Waals surface area contributed by atoms with Gasteiger partial charge in [-0.3, -0.25) is 10.1 Å². The van der Waals surface area contributed by atoms with Crippen molar-refractivity contribution in [1.82, 2.24) is 24.8 Å². The average molecular weight is 706 g/mol. The van der Waals surface area contributed by atoms with Gasteiger partial charge in [-0.25, -0.2) is 14.8 Å². The van der Waals surface area contributed by atoms with Crippen LogP contribution in [-0.2, 0) is 0 Å². The zero-order chi connectivity index (χ0) is 36.2. The molecule has 6 aromatic rings. The maximum Gasteiger partial charge on any atom is 0.342 e. The minimum Gasteiger partial charge on any atom is -0.494 e. The van der Waals surface area contributed by atoms with Crippen molar-refractivity contribution < 1.29 is 29.0 Å². The first-order valence-corrected chi connectivity index (χ1v) is 17.1. The first-order valence-electron chi connectivity index (χ1n) is 17.1. The topological polar surface area (TPSA) is 172 Å². The Morgan fingerprint density at radius 1 is 0.808 bits per heavy atom. The molecule has 2 aromatic heterocycles. The van der Waals surface area contributed by atoms with Crippen molar-refractivity contribution >= 4 is 39.4 Å². The van der Waals surface area contributed by atoms with E-state index in [0.717, 1.165) is 102 Å². The Morgan fingerprint density at radius 3 is 2.12 bits per heavy atom. The molecule has 3 heterocycles. The van der Waals surface area contributed by atoms with Crippen LogP contribution < -0.4 is 19.1 Å². The number of hydrogen-bond acceptors (Lipinski definition) is 10. The number of piperazine rings is 1. The summed E-state index contributed by atoms with van der Waals surface area (Å²) in [6.07, 6.45) is 2.24. The molecule has 14 nitrogen and oxygen atoms in total. The minimum absolute atomic E-state index is 0.125. The number of rotatable bonds is 14. The van der Waals surface area contributed by atoms with Crippen LogP contribution in [-0.4, -0.2) is 94.4 Å². The number of nitrogens with one attached hydrogen (secondary N) is 2. The fourth-order valence-electron chi connectivity index (χ4n) is 6.30. The molecule has 0 saturated carbocycles. The molecule has 3 N–H and O–H groups in total. The number of methoxy groups -OCH3 is 1. The Kier molecular flexibility index (Phi) is 9.89. The maximum absolute atomic E-state index is 11.4. The highest BCUT2D eigenvalue weighted by atomic mass is 16.6. The van der Waals surface area contributed by atoms with Crippen molar-refractivity contribution in [3.63, 3.8) is 0 Å². The van der Waals surface area contributed by atoms with Crippen molar-refractivity contribution in [3.8, 4) is 40.0 Å². The Labute approximate surface area is 299 Å². The number of ether oxygens (including phenoxy) is 3. The number of carboxylic acid groups (broad SMARTS) is 1. The van der Waals surface area contributed by atoms with E-state index in [1.807, 2.05) is 36.4 Å². The monoisotopic (exact) mass is 705 g/mol. The molecule has 1 saturated heterocycles. The predicted molar refractivity (Wildman–Crippen MR) is 198 cm³/mol. The van der Waals surface area contributed by atoms with Crippen LogP contribution in [0.2, 0.25) is 0 Å². The van der Waals surface area contributed by atoms with E-state index >= 15 is 0 Å². The van der Waals surface area contributed by atoms with Gasteiger partial charge in [0.25, 0.3) is 5.69 Å². The molecule has 0 atom stereocenters. The van der Waals surface area contributed by atoms with E-state index in [9.17, 15) is 20.0 Å². The molecule has 0 amide bonds. The van der Waals surface area contributed by atoms with E-state index in [-0.39, 0.29) is 18.1 Å². The van der Waals surface area contributed by atoms with E-state index in [1.165, 1.54) is 12.8 Å². The lowest BCUT2D eigenvalue weighted by Crippen LogP contribution is -2.44. The fourth-order valence-corrected chi connectivity index (χ4v) is 6.30. The lowest BCUT2D eigenvalue weighted by Gasteiger charge is -2.34. The number of aromatic amines is 2. The zero-order valence-corrected chi connectivity index (χ0v) is 28.9. The summed E-state index contributed by atoms with van der Waals surface area (Å²) in [5.74, 6) is 1.16. The molecule has 1 aliphatic heterocycles. The molecule has 0 spiro atoms. The predicted octanol–water partition coefficient (Wildman–Crippen LogP) is 6.77. The molecule has 4 aromatic carbocycles. The summed E-state index contributed by atoms with van der Waals surface area (Å²) in [5, 5.41) is 20.6. The molecule has 268 valence electrons. The number of fused-ring (bicyclic) bond motifs is 2. The van der Waals surface area contributed by atoms with Gasteiger partial charge in [0, 0.05) is 49.1 Å². The van der Waals surface area contributed by atoms with Crippen LogP contribution in [0.5, 0.6) is 17.2 Å². The summed E-state index contributed by atoms with van der Waals surface area (Å²) in [4.78, 5) is 43.4. The van der Waals surface area contributed by atoms with Gasteiger partial charge in [-0.2, -0.15) is 0 Å². The Balaban J connectivity index is 0.909. The van der Waals surface area contributed by atoms with Gasteiger partial charge in [0.05, 0.1) is 53.4 Å². The second-order valence-electron chi connectivity index (χ2n) is 12.8. The highest BCUT2D eigenvalue weighted by molar-refractivity contribution is 5.93. The van der Waals surface area contributed by atoms with Crippen molar-refractivity contribution in [2.24, 2.45) is 0 Å². The number of H-pyrrole nitrogens is 2. The van der Waals surface area contributed by atoms with Crippen molar-refractivity contribution in [3.05, 3.63) is 88.5 Å². The number of imidazole rings is 2. The number of aromatic nitrogens is 4. The molecule has 7 rings (SSSR count). The molecule has 0 unspecified atom stereocenters. The van der Waals surface area contributed by atoms with Crippen LogP contribution >= 0.6 is 0 Å². The largest absolute Gasteiger partial charge is 0.494 e. The van der Waals surface area contributed by atoms with Gasteiger partial charge in [-0.1, -0.05) is 0 Å². The standard InChI is InChI=1S/C38H39N7O7/c1-43-14-16-44(17-15-43)26-9-13-30-32(21-26)42-37(40-30)25-8-12-29-31(20-25)41-36(39-29)24-6-10-27(11-7-24)51-18-4-3-5-19-52-35-23-33(45(48)49)28(38(46)47)22-34(35)50-2/h6-13,20-23H,3-5,14-19H2,1-2H3,(H,39,41)(H,40,42)(H,46,47). The number of hydrogen-bond donors (Lipinski definition) is 3. The van der Waals surface area contributed by atoms with Crippen molar-refractivity contribution in [1.29, 1.82) is 0 Å². The normalized spacial score (nSPS) is 13.5. The molecule has 14 heteroatoms. The summed E-state index contributed by atoms with van der Waals surface area (Å²) >= 11 is 0. The van der Waals surface area contributed by atoms with Crippen LogP contribution in [0, 0.1) is 10.1 Å². The number of benzene rings is 4. The van der Waals surface area contributed by atoms with E-state index < -0.39 is 22.1 Å². The minimum atomic E-state index is -1.41. The summed E-state index contributed by atoms with van der Waals surface area (Å²) < 4.78 is 16.8. The summed E-state index contributed by atoms with van der Waals surface area (Å²) in [6, 6.07) is 22.5. The smallest absolute Gasteiger partial charge is 0.342 e.